The lowest BCUT2D eigenvalue weighted by Gasteiger charge is -2.57. The van der Waals surface area contributed by atoms with E-state index >= 15 is 0 Å². The molecule has 116 valence electrons. The second-order valence-electron chi connectivity index (χ2n) is 6.22. The number of nitrogens with zero attached hydrogens (tertiary/aromatic N) is 1. The van der Waals surface area contributed by atoms with E-state index in [1.807, 2.05) is 26.8 Å². The molecule has 0 aliphatic heterocycles. The monoisotopic (exact) mass is 292 g/mol. The molecule has 1 saturated carbocycles. The molecule has 5 heteroatoms. The maximum Gasteiger partial charge on any atom is 0.224 e. The summed E-state index contributed by atoms with van der Waals surface area (Å²) in [5.41, 5.74) is -0.399. The molecule has 2 atom stereocenters. The highest BCUT2D eigenvalue weighted by molar-refractivity contribution is 5.78. The van der Waals surface area contributed by atoms with Gasteiger partial charge in [0.05, 0.1) is 18.1 Å². The Labute approximate surface area is 125 Å². The number of ether oxygens (including phenoxy) is 1. The van der Waals surface area contributed by atoms with Gasteiger partial charge >= 0.3 is 0 Å². The van der Waals surface area contributed by atoms with Crippen molar-refractivity contribution in [3.05, 3.63) is 30.1 Å². The average Bonchev–Trinajstić information content (AvgIpc) is 2.46. The Morgan fingerprint density at radius 3 is 2.90 bits per heavy atom. The molecule has 0 bridgehead atoms. The summed E-state index contributed by atoms with van der Waals surface area (Å²) in [4.78, 5) is 15.9. The minimum absolute atomic E-state index is 0.0442. The second-order valence-corrected chi connectivity index (χ2v) is 6.22. The minimum atomic E-state index is -0.905. The van der Waals surface area contributed by atoms with Gasteiger partial charge in [-0.1, -0.05) is 19.9 Å². The third kappa shape index (κ3) is 3.24. The van der Waals surface area contributed by atoms with Gasteiger partial charge in [-0.2, -0.15) is 0 Å². The maximum atomic E-state index is 11.9. The Kier molecular flexibility index (Phi) is 4.64. The molecule has 1 amide bonds. The van der Waals surface area contributed by atoms with Crippen LogP contribution in [0.4, 0.5) is 0 Å². The van der Waals surface area contributed by atoms with Crippen molar-refractivity contribution in [3.8, 4) is 0 Å². The summed E-state index contributed by atoms with van der Waals surface area (Å²) >= 11 is 0. The Morgan fingerprint density at radius 1 is 1.57 bits per heavy atom. The third-order valence-corrected chi connectivity index (χ3v) is 4.56. The fraction of sp³-hybridized carbons (Fsp3) is 0.625. The van der Waals surface area contributed by atoms with E-state index < -0.39 is 5.60 Å². The molecule has 0 aromatic carbocycles. The van der Waals surface area contributed by atoms with Crippen molar-refractivity contribution >= 4 is 5.91 Å². The van der Waals surface area contributed by atoms with Crippen LogP contribution in [0.2, 0.25) is 0 Å². The number of carbonyl (C=O) groups is 1. The van der Waals surface area contributed by atoms with E-state index in [0.717, 1.165) is 5.56 Å². The van der Waals surface area contributed by atoms with Crippen LogP contribution >= 0.6 is 0 Å². The molecule has 1 aliphatic carbocycles. The van der Waals surface area contributed by atoms with E-state index in [2.05, 4.69) is 10.3 Å². The van der Waals surface area contributed by atoms with Gasteiger partial charge in [-0.25, -0.2) is 0 Å². The Bertz CT molecular complexity index is 490. The zero-order valence-electron chi connectivity index (χ0n) is 12.9. The Morgan fingerprint density at radius 2 is 2.33 bits per heavy atom. The first-order chi connectivity index (χ1) is 9.89. The molecule has 0 radical (unpaired) electrons. The quantitative estimate of drug-likeness (QED) is 0.829. The summed E-state index contributed by atoms with van der Waals surface area (Å²) in [6.07, 6.45) is 4.23. The third-order valence-electron chi connectivity index (χ3n) is 4.56. The van der Waals surface area contributed by atoms with Crippen molar-refractivity contribution in [2.45, 2.75) is 45.3 Å². The molecule has 1 aromatic heterocycles. The van der Waals surface area contributed by atoms with Gasteiger partial charge in [-0.05, 0) is 18.6 Å². The van der Waals surface area contributed by atoms with Gasteiger partial charge in [0.2, 0.25) is 5.91 Å². The Balaban J connectivity index is 1.84. The molecule has 0 unspecified atom stereocenters. The van der Waals surface area contributed by atoms with Gasteiger partial charge in [-0.15, -0.1) is 0 Å². The van der Waals surface area contributed by atoms with Crippen LogP contribution in [0.3, 0.4) is 0 Å². The highest BCUT2D eigenvalue weighted by Crippen LogP contribution is 2.50. The number of aliphatic hydroxyl groups is 1. The summed E-state index contributed by atoms with van der Waals surface area (Å²) in [6.45, 7) is 6.79. The number of pyridine rings is 1. The minimum Gasteiger partial charge on any atom is -0.387 e. The largest absolute Gasteiger partial charge is 0.387 e. The van der Waals surface area contributed by atoms with E-state index in [9.17, 15) is 9.90 Å². The first kappa shape index (κ1) is 15.9. The van der Waals surface area contributed by atoms with Crippen molar-refractivity contribution in [2.24, 2.45) is 5.41 Å². The average molecular weight is 292 g/mol. The first-order valence-corrected chi connectivity index (χ1v) is 7.38. The summed E-state index contributed by atoms with van der Waals surface area (Å²) in [6, 6.07) is 3.66. The fourth-order valence-electron chi connectivity index (χ4n) is 2.76. The highest BCUT2D eigenvalue weighted by Gasteiger charge is 2.59. The van der Waals surface area contributed by atoms with Crippen molar-refractivity contribution < 1.29 is 14.6 Å². The normalized spacial score (nSPS) is 27.0. The predicted octanol–water partition coefficient (Wildman–Crippen LogP) is 1.31. The number of hydrogen-bond acceptors (Lipinski definition) is 4. The fourth-order valence-corrected chi connectivity index (χ4v) is 2.76. The van der Waals surface area contributed by atoms with Gasteiger partial charge in [-0.3, -0.25) is 9.78 Å². The number of aromatic nitrogens is 1. The van der Waals surface area contributed by atoms with Crippen molar-refractivity contribution in [1.82, 2.24) is 10.3 Å². The van der Waals surface area contributed by atoms with Crippen LogP contribution in [0, 0.1) is 5.41 Å². The summed E-state index contributed by atoms with van der Waals surface area (Å²) in [5.74, 6) is -0.105. The number of hydrogen-bond donors (Lipinski definition) is 2. The van der Waals surface area contributed by atoms with Gasteiger partial charge in [0.15, 0.2) is 0 Å². The second kappa shape index (κ2) is 6.12. The maximum absolute atomic E-state index is 11.9. The lowest BCUT2D eigenvalue weighted by molar-refractivity contribution is -0.238. The van der Waals surface area contributed by atoms with Crippen LogP contribution in [0.25, 0.3) is 0 Å². The molecule has 2 rings (SSSR count). The van der Waals surface area contributed by atoms with E-state index in [4.69, 9.17) is 4.74 Å². The van der Waals surface area contributed by atoms with E-state index in [0.29, 0.717) is 13.0 Å². The van der Waals surface area contributed by atoms with Crippen molar-refractivity contribution in [2.75, 3.05) is 13.2 Å². The topological polar surface area (TPSA) is 71.5 Å². The van der Waals surface area contributed by atoms with Crippen molar-refractivity contribution in [1.29, 1.82) is 0 Å². The van der Waals surface area contributed by atoms with E-state index in [1.54, 1.807) is 18.5 Å². The lowest BCUT2D eigenvalue weighted by atomic mass is 9.56. The first-order valence-electron chi connectivity index (χ1n) is 7.38. The van der Waals surface area contributed by atoms with Crippen LogP contribution in [-0.2, 0) is 16.0 Å². The zero-order valence-corrected chi connectivity index (χ0v) is 12.9. The number of nitrogens with one attached hydrogen (secondary N) is 1. The molecule has 0 spiro atoms. The molecule has 1 aromatic rings. The summed E-state index contributed by atoms with van der Waals surface area (Å²) in [5, 5.41) is 13.5. The molecule has 21 heavy (non-hydrogen) atoms. The number of rotatable bonds is 6. The standard InChI is InChI=1S/C16H24N2O3/c1-4-21-13-9-16(20,15(13,2)3)11-18-14(19)8-12-6-5-7-17-10-12/h5-7,10,13,20H,4,8-9,11H2,1-3H3,(H,18,19)/t13-,16+/m0/s1. The van der Waals surface area contributed by atoms with Gasteiger partial charge in [0.1, 0.15) is 0 Å². The van der Waals surface area contributed by atoms with Crippen LogP contribution in [-0.4, -0.2) is 40.9 Å². The van der Waals surface area contributed by atoms with Crippen LogP contribution in [0.5, 0.6) is 0 Å². The predicted molar refractivity (Wildman–Crippen MR) is 79.7 cm³/mol. The molecular weight excluding hydrogens is 268 g/mol. The highest BCUT2D eigenvalue weighted by atomic mass is 16.5. The lowest BCUT2D eigenvalue weighted by Crippen LogP contribution is -2.68. The van der Waals surface area contributed by atoms with Crippen LogP contribution in [0.1, 0.15) is 32.8 Å². The molecule has 1 heterocycles. The zero-order chi connectivity index (χ0) is 15.5. The molecular formula is C16H24N2O3. The Hall–Kier alpha value is -1.46. The van der Waals surface area contributed by atoms with Crippen LogP contribution < -0.4 is 5.32 Å². The van der Waals surface area contributed by atoms with Crippen molar-refractivity contribution in [3.63, 3.8) is 0 Å². The SMILES string of the molecule is CCO[C@H]1C[C@@](O)(CNC(=O)Cc2cccnc2)C1(C)C. The molecule has 1 fully saturated rings. The van der Waals surface area contributed by atoms with E-state index in [-0.39, 0.29) is 30.4 Å². The molecule has 0 saturated heterocycles. The smallest absolute Gasteiger partial charge is 0.224 e. The summed E-state index contributed by atoms with van der Waals surface area (Å²) in [7, 11) is 0. The number of carbonyl (C=O) groups excluding carboxylic acids is 1. The molecule has 5 nitrogen and oxygen atoms in total. The van der Waals surface area contributed by atoms with Gasteiger partial charge in [0, 0.05) is 37.4 Å². The molecule has 1 aliphatic rings. The van der Waals surface area contributed by atoms with Gasteiger partial charge < -0.3 is 15.2 Å². The van der Waals surface area contributed by atoms with E-state index in [1.165, 1.54) is 0 Å². The van der Waals surface area contributed by atoms with Crippen LogP contribution in [0.15, 0.2) is 24.5 Å². The summed E-state index contributed by atoms with van der Waals surface area (Å²) < 4.78 is 5.61. The molecule has 2 N–H and O–H groups in total. The van der Waals surface area contributed by atoms with Gasteiger partial charge in [0.25, 0.3) is 0 Å². The number of amides is 1.